The fraction of sp³-hybridized carbons (Fsp3) is 0.231. The number of hydrogen-bond acceptors (Lipinski definition) is 2. The number of carbonyl (C=O) groups is 1. The van der Waals surface area contributed by atoms with Crippen LogP contribution in [-0.4, -0.2) is 15.7 Å². The molecule has 0 aliphatic carbocycles. The van der Waals surface area contributed by atoms with Crippen molar-refractivity contribution in [1.82, 2.24) is 9.78 Å². The van der Waals surface area contributed by atoms with Gasteiger partial charge >= 0.3 is 0 Å². The third-order valence-corrected chi connectivity index (χ3v) is 3.00. The zero-order valence-corrected chi connectivity index (χ0v) is 11.2. The largest absolute Gasteiger partial charge is 0.317 e. The Labute approximate surface area is 117 Å². The Morgan fingerprint density at radius 1 is 1.24 bits per heavy atom. The molecule has 2 aromatic rings. The number of halogens is 4. The summed E-state index contributed by atoms with van der Waals surface area (Å²) in [6.45, 7) is 3.88. The van der Waals surface area contributed by atoms with Crippen LogP contribution < -0.4 is 5.32 Å². The lowest BCUT2D eigenvalue weighted by molar-refractivity contribution is 0.102. The van der Waals surface area contributed by atoms with Gasteiger partial charge in [-0.1, -0.05) is 0 Å². The minimum absolute atomic E-state index is 0.0559. The smallest absolute Gasteiger partial charge is 0.259 e. The van der Waals surface area contributed by atoms with Crippen molar-refractivity contribution in [2.45, 2.75) is 20.4 Å². The van der Waals surface area contributed by atoms with Crippen LogP contribution in [0.15, 0.2) is 12.3 Å². The number of rotatable bonds is 3. The lowest BCUT2D eigenvalue weighted by Gasteiger charge is -2.09. The third-order valence-electron chi connectivity index (χ3n) is 3.00. The summed E-state index contributed by atoms with van der Waals surface area (Å²) in [5, 5.41) is 5.73. The molecule has 0 saturated heterocycles. The lowest BCUT2D eigenvalue weighted by atomic mass is 10.2. The highest BCUT2D eigenvalue weighted by atomic mass is 19.2. The average molecular weight is 301 g/mol. The number of nitrogens with zero attached hydrogens (tertiary/aromatic N) is 2. The molecule has 21 heavy (non-hydrogen) atoms. The summed E-state index contributed by atoms with van der Waals surface area (Å²) in [5.74, 6) is -7.42. The lowest BCUT2D eigenvalue weighted by Crippen LogP contribution is -2.16. The third kappa shape index (κ3) is 2.61. The standard InChI is InChI=1S/C13H11F4N3O/c1-3-20-6(2)7(5-18-20)13(21)19-12-10(16)8(14)4-9(15)11(12)17/h4-5H,3H2,1-2H3,(H,19,21). The van der Waals surface area contributed by atoms with Crippen molar-refractivity contribution in [3.05, 3.63) is 46.8 Å². The van der Waals surface area contributed by atoms with E-state index in [1.54, 1.807) is 13.8 Å². The first-order chi connectivity index (χ1) is 9.86. The molecule has 2 rings (SSSR count). The monoisotopic (exact) mass is 301 g/mol. The van der Waals surface area contributed by atoms with E-state index in [2.05, 4.69) is 5.10 Å². The van der Waals surface area contributed by atoms with Gasteiger partial charge in [-0.05, 0) is 13.8 Å². The maximum Gasteiger partial charge on any atom is 0.259 e. The second kappa shape index (κ2) is 5.55. The van der Waals surface area contributed by atoms with Gasteiger partial charge in [0.1, 0.15) is 5.69 Å². The van der Waals surface area contributed by atoms with E-state index in [1.807, 2.05) is 5.32 Å². The molecule has 0 saturated carbocycles. The Hall–Kier alpha value is -2.38. The summed E-state index contributed by atoms with van der Waals surface area (Å²) in [5.41, 5.74) is -0.644. The maximum absolute atomic E-state index is 13.5. The van der Waals surface area contributed by atoms with Crippen LogP contribution in [0.1, 0.15) is 23.0 Å². The van der Waals surface area contributed by atoms with Gasteiger partial charge in [-0.25, -0.2) is 17.6 Å². The Balaban J connectivity index is 2.38. The Kier molecular flexibility index (Phi) is 3.97. The Bertz CT molecular complexity index is 686. The van der Waals surface area contributed by atoms with Gasteiger partial charge in [0.25, 0.3) is 5.91 Å². The number of amides is 1. The van der Waals surface area contributed by atoms with Crippen LogP contribution >= 0.6 is 0 Å². The SMILES string of the molecule is CCn1ncc(C(=O)Nc2c(F)c(F)cc(F)c2F)c1C. The molecule has 4 nitrogen and oxygen atoms in total. The molecule has 0 fully saturated rings. The van der Waals surface area contributed by atoms with E-state index in [-0.39, 0.29) is 11.6 Å². The molecule has 1 heterocycles. The van der Waals surface area contributed by atoms with Crippen LogP contribution in [0.25, 0.3) is 0 Å². The highest BCUT2D eigenvalue weighted by molar-refractivity contribution is 6.05. The molecule has 1 aromatic carbocycles. The molecule has 0 unspecified atom stereocenters. The zero-order chi connectivity index (χ0) is 15.7. The van der Waals surface area contributed by atoms with Crippen LogP contribution in [0.3, 0.4) is 0 Å². The van der Waals surface area contributed by atoms with Crippen LogP contribution in [0.5, 0.6) is 0 Å². The molecule has 0 spiro atoms. The van der Waals surface area contributed by atoms with E-state index in [4.69, 9.17) is 0 Å². The molecular weight excluding hydrogens is 290 g/mol. The Morgan fingerprint density at radius 3 is 2.29 bits per heavy atom. The maximum atomic E-state index is 13.5. The summed E-state index contributed by atoms with van der Waals surface area (Å²) < 4.78 is 54.6. The van der Waals surface area contributed by atoms with Gasteiger partial charge in [-0.2, -0.15) is 5.10 Å². The first-order valence-corrected chi connectivity index (χ1v) is 6.03. The second-order valence-corrected chi connectivity index (χ2v) is 4.26. The highest BCUT2D eigenvalue weighted by Crippen LogP contribution is 2.25. The van der Waals surface area contributed by atoms with E-state index in [1.165, 1.54) is 10.9 Å². The molecule has 1 aromatic heterocycles. The normalized spacial score (nSPS) is 10.8. The number of hydrogen-bond donors (Lipinski definition) is 1. The van der Waals surface area contributed by atoms with Crippen molar-refractivity contribution < 1.29 is 22.4 Å². The molecule has 0 bridgehead atoms. The summed E-state index contributed by atoms with van der Waals surface area (Å²) in [6, 6.07) is 0.0701. The van der Waals surface area contributed by atoms with Crippen LogP contribution in [0.4, 0.5) is 23.2 Å². The van der Waals surface area contributed by atoms with Crippen LogP contribution in [0.2, 0.25) is 0 Å². The average Bonchev–Trinajstić information content (AvgIpc) is 2.82. The first kappa shape index (κ1) is 15.0. The first-order valence-electron chi connectivity index (χ1n) is 6.03. The molecule has 0 atom stereocenters. The topological polar surface area (TPSA) is 46.9 Å². The van der Waals surface area contributed by atoms with Crippen LogP contribution in [-0.2, 0) is 6.54 Å². The predicted octanol–water partition coefficient (Wildman–Crippen LogP) is 3.02. The number of anilines is 1. The molecule has 1 amide bonds. The fourth-order valence-corrected chi connectivity index (χ4v) is 1.85. The van der Waals surface area contributed by atoms with Crippen LogP contribution in [0, 0.1) is 30.2 Å². The van der Waals surface area contributed by atoms with Crippen molar-refractivity contribution in [2.24, 2.45) is 0 Å². The minimum atomic E-state index is -1.66. The number of carbonyl (C=O) groups excluding carboxylic acids is 1. The van der Waals surface area contributed by atoms with Crippen molar-refractivity contribution >= 4 is 11.6 Å². The predicted molar refractivity (Wildman–Crippen MR) is 66.9 cm³/mol. The molecular formula is C13H11F4N3O. The van der Waals surface area contributed by atoms with Gasteiger partial charge < -0.3 is 5.32 Å². The quantitative estimate of drug-likeness (QED) is 0.699. The summed E-state index contributed by atoms with van der Waals surface area (Å²) in [6.07, 6.45) is 1.21. The van der Waals surface area contributed by atoms with Gasteiger partial charge in [0.05, 0.1) is 11.8 Å². The number of aryl methyl sites for hydroxylation is 1. The zero-order valence-electron chi connectivity index (χ0n) is 11.2. The van der Waals surface area contributed by atoms with E-state index in [9.17, 15) is 22.4 Å². The second-order valence-electron chi connectivity index (χ2n) is 4.26. The Morgan fingerprint density at radius 2 is 1.81 bits per heavy atom. The number of benzene rings is 1. The summed E-state index contributed by atoms with van der Waals surface area (Å²) in [4.78, 5) is 11.9. The summed E-state index contributed by atoms with van der Waals surface area (Å²) >= 11 is 0. The number of nitrogens with one attached hydrogen (secondary N) is 1. The van der Waals surface area contributed by atoms with Crippen molar-refractivity contribution in [1.29, 1.82) is 0 Å². The molecule has 0 aliphatic rings. The van der Waals surface area contributed by atoms with Crippen molar-refractivity contribution in [3.8, 4) is 0 Å². The van der Waals surface area contributed by atoms with E-state index < -0.39 is 34.9 Å². The molecule has 8 heteroatoms. The van der Waals surface area contributed by atoms with E-state index >= 15 is 0 Å². The van der Waals surface area contributed by atoms with E-state index in [0.29, 0.717) is 12.2 Å². The van der Waals surface area contributed by atoms with Gasteiger partial charge in [-0.15, -0.1) is 0 Å². The molecule has 112 valence electrons. The molecule has 0 radical (unpaired) electrons. The van der Waals surface area contributed by atoms with Gasteiger partial charge in [-0.3, -0.25) is 9.48 Å². The van der Waals surface area contributed by atoms with E-state index in [0.717, 1.165) is 0 Å². The van der Waals surface area contributed by atoms with Gasteiger partial charge in [0, 0.05) is 18.3 Å². The van der Waals surface area contributed by atoms with Gasteiger partial charge in [0.2, 0.25) is 0 Å². The highest BCUT2D eigenvalue weighted by Gasteiger charge is 2.22. The number of aromatic nitrogens is 2. The molecule has 0 aliphatic heterocycles. The summed E-state index contributed by atoms with van der Waals surface area (Å²) in [7, 11) is 0. The minimum Gasteiger partial charge on any atom is -0.317 e. The molecule has 1 N–H and O–H groups in total. The van der Waals surface area contributed by atoms with Crippen molar-refractivity contribution in [2.75, 3.05) is 5.32 Å². The fourth-order valence-electron chi connectivity index (χ4n) is 1.85. The van der Waals surface area contributed by atoms with Crippen molar-refractivity contribution in [3.63, 3.8) is 0 Å². The van der Waals surface area contributed by atoms with Gasteiger partial charge in [0.15, 0.2) is 23.3 Å².